The second kappa shape index (κ2) is 5.80. The van der Waals surface area contributed by atoms with Gasteiger partial charge >= 0.3 is 0 Å². The molecule has 0 amide bonds. The molecule has 0 spiro atoms. The van der Waals surface area contributed by atoms with Gasteiger partial charge in [0.15, 0.2) is 0 Å². The van der Waals surface area contributed by atoms with Crippen LogP contribution in [0.1, 0.15) is 34.1 Å². The van der Waals surface area contributed by atoms with Crippen molar-refractivity contribution < 1.29 is 4.39 Å². The molecule has 18 heavy (non-hydrogen) atoms. The number of hydrogen-bond donors (Lipinski definition) is 1. The summed E-state index contributed by atoms with van der Waals surface area (Å²) >= 11 is 0. The monoisotopic (exact) mass is 248 g/mol. The number of benzene rings is 1. The largest absolute Gasteiger partial charge is 0.279 e. The second-order valence-corrected chi connectivity index (χ2v) is 5.56. The first-order chi connectivity index (χ1) is 8.29. The SMILES string of the molecule is C=C(C)C/C(=N/Nc1ccc(F)cc1)C(C)(C)C. The molecule has 0 radical (unpaired) electrons. The Kier molecular flexibility index (Phi) is 4.65. The van der Waals surface area contributed by atoms with Crippen LogP contribution in [0.3, 0.4) is 0 Å². The highest BCUT2D eigenvalue weighted by Gasteiger charge is 2.19. The molecule has 0 aliphatic rings. The minimum absolute atomic E-state index is 0.0218. The molecule has 0 saturated heterocycles. The maximum absolute atomic E-state index is 12.8. The Morgan fingerprint density at radius 1 is 1.28 bits per heavy atom. The van der Waals surface area contributed by atoms with Crippen LogP contribution in [0.2, 0.25) is 0 Å². The molecule has 2 nitrogen and oxygen atoms in total. The van der Waals surface area contributed by atoms with Crippen LogP contribution in [0.4, 0.5) is 10.1 Å². The maximum atomic E-state index is 12.8. The van der Waals surface area contributed by atoms with Gasteiger partial charge in [0, 0.05) is 17.5 Å². The van der Waals surface area contributed by atoms with Crippen molar-refractivity contribution in [2.75, 3.05) is 5.43 Å². The van der Waals surface area contributed by atoms with Crippen LogP contribution < -0.4 is 5.43 Å². The molecule has 0 aliphatic carbocycles. The van der Waals surface area contributed by atoms with Gasteiger partial charge in [0.1, 0.15) is 5.82 Å². The lowest BCUT2D eigenvalue weighted by Crippen LogP contribution is -2.21. The third-order valence-electron chi connectivity index (χ3n) is 2.50. The van der Waals surface area contributed by atoms with Gasteiger partial charge < -0.3 is 0 Å². The molecular formula is C15H21FN2. The summed E-state index contributed by atoms with van der Waals surface area (Å²) in [6, 6.07) is 6.15. The summed E-state index contributed by atoms with van der Waals surface area (Å²) in [7, 11) is 0. The highest BCUT2D eigenvalue weighted by molar-refractivity contribution is 5.91. The zero-order chi connectivity index (χ0) is 13.8. The number of anilines is 1. The average molecular weight is 248 g/mol. The molecule has 0 atom stereocenters. The Morgan fingerprint density at radius 2 is 1.83 bits per heavy atom. The Labute approximate surface area is 109 Å². The smallest absolute Gasteiger partial charge is 0.123 e. The quantitative estimate of drug-likeness (QED) is 0.470. The van der Waals surface area contributed by atoms with Crippen LogP contribution in [0.5, 0.6) is 0 Å². The standard InChI is InChI=1S/C15H21FN2/c1-11(2)10-14(15(3,4)5)18-17-13-8-6-12(16)7-9-13/h6-9,17H,1,10H2,2-5H3/b18-14-. The number of halogens is 1. The fourth-order valence-electron chi connectivity index (χ4n) is 1.41. The fourth-order valence-corrected chi connectivity index (χ4v) is 1.41. The topological polar surface area (TPSA) is 24.4 Å². The summed E-state index contributed by atoms with van der Waals surface area (Å²) < 4.78 is 12.8. The highest BCUT2D eigenvalue weighted by Crippen LogP contribution is 2.21. The summed E-state index contributed by atoms with van der Waals surface area (Å²) in [6.07, 6.45) is 0.762. The molecule has 0 aliphatic heterocycles. The first-order valence-electron chi connectivity index (χ1n) is 6.02. The Morgan fingerprint density at radius 3 is 2.28 bits per heavy atom. The van der Waals surface area contributed by atoms with Gasteiger partial charge in [-0.25, -0.2) is 4.39 Å². The summed E-state index contributed by atoms with van der Waals surface area (Å²) in [6.45, 7) is 12.2. The van der Waals surface area contributed by atoms with E-state index in [0.29, 0.717) is 0 Å². The lowest BCUT2D eigenvalue weighted by atomic mass is 9.86. The Bertz CT molecular complexity index is 439. The number of nitrogens with zero attached hydrogens (tertiary/aromatic N) is 1. The van der Waals surface area contributed by atoms with Gasteiger partial charge in [-0.15, -0.1) is 0 Å². The number of allylic oxidation sites excluding steroid dienone is 1. The van der Waals surface area contributed by atoms with E-state index in [9.17, 15) is 4.39 Å². The zero-order valence-corrected chi connectivity index (χ0v) is 11.5. The fraction of sp³-hybridized carbons (Fsp3) is 0.400. The summed E-state index contributed by atoms with van der Waals surface area (Å²) in [5.41, 5.74) is 5.82. The Hall–Kier alpha value is -1.64. The molecule has 98 valence electrons. The lowest BCUT2D eigenvalue weighted by Gasteiger charge is -2.21. The van der Waals surface area contributed by atoms with Gasteiger partial charge in [-0.05, 0) is 31.2 Å². The Balaban J connectivity index is 2.83. The van der Waals surface area contributed by atoms with Crippen molar-refractivity contribution in [1.29, 1.82) is 0 Å². The molecule has 1 rings (SSSR count). The zero-order valence-electron chi connectivity index (χ0n) is 11.5. The van der Waals surface area contributed by atoms with Crippen LogP contribution in [0, 0.1) is 11.2 Å². The normalized spacial score (nSPS) is 12.4. The minimum atomic E-state index is -0.248. The number of hydrazone groups is 1. The van der Waals surface area contributed by atoms with E-state index in [4.69, 9.17) is 0 Å². The average Bonchev–Trinajstić information content (AvgIpc) is 2.24. The van der Waals surface area contributed by atoms with Crippen molar-refractivity contribution in [3.63, 3.8) is 0 Å². The van der Waals surface area contributed by atoms with Crippen molar-refractivity contribution in [1.82, 2.24) is 0 Å². The molecule has 1 N–H and O–H groups in total. The van der Waals surface area contributed by atoms with E-state index in [1.165, 1.54) is 12.1 Å². The summed E-state index contributed by atoms with van der Waals surface area (Å²) in [5, 5.41) is 4.42. The molecule has 0 unspecified atom stereocenters. The highest BCUT2D eigenvalue weighted by atomic mass is 19.1. The molecule has 3 heteroatoms. The molecule has 1 aromatic carbocycles. The number of nitrogens with one attached hydrogen (secondary N) is 1. The van der Waals surface area contributed by atoms with Crippen LogP contribution in [0.25, 0.3) is 0 Å². The predicted molar refractivity (Wildman–Crippen MR) is 76.3 cm³/mol. The van der Waals surface area contributed by atoms with E-state index in [0.717, 1.165) is 23.4 Å². The van der Waals surface area contributed by atoms with Crippen molar-refractivity contribution >= 4 is 11.4 Å². The van der Waals surface area contributed by atoms with Crippen LogP contribution >= 0.6 is 0 Å². The number of rotatable bonds is 4. The first kappa shape index (κ1) is 14.4. The van der Waals surface area contributed by atoms with Gasteiger partial charge in [0.2, 0.25) is 0 Å². The van der Waals surface area contributed by atoms with E-state index in [-0.39, 0.29) is 11.2 Å². The van der Waals surface area contributed by atoms with Crippen molar-refractivity contribution in [3.8, 4) is 0 Å². The molecule has 0 bridgehead atoms. The van der Waals surface area contributed by atoms with Crippen LogP contribution in [0.15, 0.2) is 41.5 Å². The predicted octanol–water partition coefficient (Wildman–Crippen LogP) is 4.61. The molecule has 0 fully saturated rings. The second-order valence-electron chi connectivity index (χ2n) is 5.56. The van der Waals surface area contributed by atoms with Crippen molar-refractivity contribution in [3.05, 3.63) is 42.2 Å². The van der Waals surface area contributed by atoms with Crippen LogP contribution in [-0.2, 0) is 0 Å². The van der Waals surface area contributed by atoms with E-state index in [2.05, 4.69) is 37.9 Å². The van der Waals surface area contributed by atoms with Crippen molar-refractivity contribution in [2.24, 2.45) is 10.5 Å². The third kappa shape index (κ3) is 4.70. The van der Waals surface area contributed by atoms with Gasteiger partial charge in [-0.3, -0.25) is 5.43 Å². The number of hydrogen-bond acceptors (Lipinski definition) is 2. The van der Waals surface area contributed by atoms with Crippen LogP contribution in [-0.4, -0.2) is 5.71 Å². The van der Waals surface area contributed by atoms with Crippen molar-refractivity contribution in [2.45, 2.75) is 34.1 Å². The first-order valence-corrected chi connectivity index (χ1v) is 6.02. The molecule has 0 aromatic heterocycles. The molecule has 0 saturated carbocycles. The van der Waals surface area contributed by atoms with Gasteiger partial charge in [-0.2, -0.15) is 5.10 Å². The minimum Gasteiger partial charge on any atom is -0.279 e. The summed E-state index contributed by atoms with van der Waals surface area (Å²) in [4.78, 5) is 0. The van der Waals surface area contributed by atoms with E-state index in [1.807, 2.05) is 6.92 Å². The van der Waals surface area contributed by atoms with E-state index in [1.54, 1.807) is 12.1 Å². The van der Waals surface area contributed by atoms with Gasteiger partial charge in [0.25, 0.3) is 0 Å². The lowest BCUT2D eigenvalue weighted by molar-refractivity contribution is 0.580. The molecule has 0 heterocycles. The molecule has 1 aromatic rings. The van der Waals surface area contributed by atoms with Gasteiger partial charge in [0.05, 0.1) is 5.69 Å². The maximum Gasteiger partial charge on any atom is 0.123 e. The van der Waals surface area contributed by atoms with Gasteiger partial charge in [-0.1, -0.05) is 32.9 Å². The van der Waals surface area contributed by atoms with E-state index >= 15 is 0 Å². The summed E-state index contributed by atoms with van der Waals surface area (Å²) in [5.74, 6) is -0.248. The van der Waals surface area contributed by atoms with E-state index < -0.39 is 0 Å². The molecular weight excluding hydrogens is 227 g/mol. The third-order valence-corrected chi connectivity index (χ3v) is 2.50.